The molecular formula is C34H40F2N6O9SSi. The van der Waals surface area contributed by atoms with E-state index in [-0.39, 0.29) is 54.4 Å². The van der Waals surface area contributed by atoms with E-state index in [1.54, 1.807) is 29.0 Å². The zero-order chi connectivity index (χ0) is 38.0. The third kappa shape index (κ3) is 9.10. The fraction of sp³-hybridized carbons (Fsp3) is 0.412. The van der Waals surface area contributed by atoms with Crippen LogP contribution in [-0.2, 0) is 31.0 Å². The maximum atomic E-state index is 15.0. The molecule has 2 aromatic carbocycles. The number of nitrogens with zero attached hydrogens (tertiary/aromatic N) is 4. The Labute approximate surface area is 305 Å². The first-order valence-corrected chi connectivity index (χ1v) is 22.1. The zero-order valence-corrected chi connectivity index (χ0v) is 31.2. The lowest BCUT2D eigenvalue weighted by molar-refractivity contribution is -0.384. The lowest BCUT2D eigenvalue weighted by Crippen LogP contribution is -2.34. The second-order valence-corrected chi connectivity index (χ2v) is 21.1. The largest absolute Gasteiger partial charge is 0.412 e. The van der Waals surface area contributed by atoms with Gasteiger partial charge in [0.25, 0.3) is 21.6 Å². The lowest BCUT2D eigenvalue weighted by atomic mass is 10.1. The number of carbonyl (C=O) groups excluding carboxylic acids is 1. The Morgan fingerprint density at radius 2 is 1.92 bits per heavy atom. The molecular weight excluding hydrogens is 735 g/mol. The summed E-state index contributed by atoms with van der Waals surface area (Å²) in [5.41, 5.74) is -0.0468. The summed E-state index contributed by atoms with van der Waals surface area (Å²) in [6, 6.07) is 13.4. The van der Waals surface area contributed by atoms with Gasteiger partial charge in [0.15, 0.2) is 0 Å². The number of alkyl halides is 2. The maximum Gasteiger partial charge on any atom is 0.400 e. The first-order chi connectivity index (χ1) is 25.1. The van der Waals surface area contributed by atoms with Crippen molar-refractivity contribution in [3.63, 3.8) is 0 Å². The molecule has 2 N–H and O–H groups in total. The molecule has 15 nitrogen and oxygen atoms in total. The number of pyridine rings is 1. The van der Waals surface area contributed by atoms with Crippen LogP contribution in [0.5, 0.6) is 5.88 Å². The van der Waals surface area contributed by atoms with Gasteiger partial charge in [0, 0.05) is 45.4 Å². The van der Waals surface area contributed by atoms with Crippen LogP contribution in [0.15, 0.2) is 65.7 Å². The first-order valence-electron chi connectivity index (χ1n) is 16.9. The predicted octanol–water partition coefficient (Wildman–Crippen LogP) is 5.72. The Bertz CT molecular complexity index is 2110. The molecule has 284 valence electrons. The SMILES string of the molecule is C[Si](C)(C)CCOCn1ccc2cc3c(nc21)OC(F)(F)CCN3c1ccccc1C(=O)NS(=O)(=O)c1ccc(NC[C@H]2COCCO2)c([N+](=O)[O-])c1. The maximum absolute atomic E-state index is 15.0. The highest BCUT2D eigenvalue weighted by Gasteiger charge is 2.39. The highest BCUT2D eigenvalue weighted by atomic mass is 32.2. The number of carbonyl (C=O) groups is 1. The van der Waals surface area contributed by atoms with Gasteiger partial charge >= 0.3 is 6.11 Å². The zero-order valence-electron chi connectivity index (χ0n) is 29.3. The summed E-state index contributed by atoms with van der Waals surface area (Å²) in [5, 5.41) is 15.4. The number of halogens is 2. The van der Waals surface area contributed by atoms with E-state index >= 15 is 8.78 Å². The van der Waals surface area contributed by atoms with Gasteiger partial charge < -0.3 is 33.7 Å². The highest BCUT2D eigenvalue weighted by molar-refractivity contribution is 7.90. The predicted molar refractivity (Wildman–Crippen MR) is 194 cm³/mol. The van der Waals surface area contributed by atoms with Crippen molar-refractivity contribution in [3.8, 4) is 5.88 Å². The molecule has 0 spiro atoms. The van der Waals surface area contributed by atoms with Crippen LogP contribution >= 0.6 is 0 Å². The fourth-order valence-corrected chi connectivity index (χ4v) is 7.54. The summed E-state index contributed by atoms with van der Waals surface area (Å²) in [6.45, 7) is 8.38. The number of fused-ring (bicyclic) bond motifs is 2. The molecule has 1 amide bonds. The van der Waals surface area contributed by atoms with Gasteiger partial charge in [-0.05, 0) is 42.4 Å². The quantitative estimate of drug-likeness (QED) is 0.0733. The van der Waals surface area contributed by atoms with E-state index in [9.17, 15) is 23.3 Å². The molecule has 6 rings (SSSR count). The number of aromatic nitrogens is 2. The summed E-state index contributed by atoms with van der Waals surface area (Å²) < 4.78 is 82.5. The third-order valence-corrected chi connectivity index (χ3v) is 11.7. The molecule has 19 heteroatoms. The number of rotatable bonds is 13. The number of amides is 1. The van der Waals surface area contributed by atoms with Crippen molar-refractivity contribution >= 4 is 57.8 Å². The Kier molecular flexibility index (Phi) is 11.0. The molecule has 53 heavy (non-hydrogen) atoms. The van der Waals surface area contributed by atoms with Gasteiger partial charge in [0.1, 0.15) is 23.8 Å². The Balaban J connectivity index is 1.26. The van der Waals surface area contributed by atoms with Gasteiger partial charge in [-0.2, -0.15) is 13.8 Å². The van der Waals surface area contributed by atoms with Crippen LogP contribution in [0.3, 0.4) is 0 Å². The van der Waals surface area contributed by atoms with Crippen molar-refractivity contribution in [1.82, 2.24) is 14.3 Å². The minimum Gasteiger partial charge on any atom is -0.412 e. The number of anilines is 3. The molecule has 4 heterocycles. The summed E-state index contributed by atoms with van der Waals surface area (Å²) in [6.07, 6.45) is -3.01. The molecule has 1 fully saturated rings. The van der Waals surface area contributed by atoms with E-state index in [4.69, 9.17) is 18.9 Å². The standard InChI is InChI=1S/C34H40F2N6O9SSi/c1-53(2,3)17-16-49-22-40-12-10-23-18-30-33(38-31(23)40)51-34(35,36)11-13-41(30)28-7-5-4-6-26(28)32(43)39-52(46,47)25-8-9-27(29(19-25)42(44)45)37-20-24-21-48-14-15-50-24/h4-10,12,18-19,24,37H,11,13-17,20-22H2,1-3H3,(H,39,43)/t24-/m0/s1. The van der Waals surface area contributed by atoms with Crippen LogP contribution in [0.25, 0.3) is 11.0 Å². The number of hydrogen-bond acceptors (Lipinski definition) is 12. The number of nitro groups is 1. The van der Waals surface area contributed by atoms with Crippen LogP contribution < -0.4 is 19.7 Å². The Morgan fingerprint density at radius 3 is 2.66 bits per heavy atom. The molecule has 0 aliphatic carbocycles. The number of sulfonamides is 1. The van der Waals surface area contributed by atoms with Crippen LogP contribution in [0, 0.1) is 10.1 Å². The minimum absolute atomic E-state index is 0.0475. The summed E-state index contributed by atoms with van der Waals surface area (Å²) in [7, 11) is -5.99. The average molecular weight is 775 g/mol. The summed E-state index contributed by atoms with van der Waals surface area (Å²) >= 11 is 0. The smallest absolute Gasteiger partial charge is 0.400 e. The van der Waals surface area contributed by atoms with Gasteiger partial charge in [-0.1, -0.05) is 31.8 Å². The molecule has 0 saturated carbocycles. The molecule has 4 aromatic rings. The number of ether oxygens (including phenoxy) is 4. The number of nitrogens with one attached hydrogen (secondary N) is 2. The van der Waals surface area contributed by atoms with Crippen molar-refractivity contribution in [2.75, 3.05) is 49.7 Å². The van der Waals surface area contributed by atoms with Gasteiger partial charge in [-0.25, -0.2) is 13.1 Å². The number of para-hydroxylation sites is 1. The Hall–Kier alpha value is -4.69. The average Bonchev–Trinajstić information content (AvgIpc) is 3.44. The topological polar surface area (TPSA) is 176 Å². The monoisotopic (exact) mass is 774 g/mol. The van der Waals surface area contributed by atoms with Crippen LogP contribution in [0.2, 0.25) is 25.7 Å². The molecule has 2 aromatic heterocycles. The van der Waals surface area contributed by atoms with E-state index in [0.717, 1.165) is 18.2 Å². The normalized spacial score (nSPS) is 17.5. The van der Waals surface area contributed by atoms with E-state index in [1.807, 2.05) is 4.72 Å². The summed E-state index contributed by atoms with van der Waals surface area (Å²) in [4.78, 5) is 30.2. The lowest BCUT2D eigenvalue weighted by Gasteiger charge is -2.25. The number of benzene rings is 2. The van der Waals surface area contributed by atoms with Crippen molar-refractivity contribution in [3.05, 3.63) is 76.5 Å². The fourth-order valence-electron chi connectivity index (χ4n) is 5.80. The second kappa shape index (κ2) is 15.3. The van der Waals surface area contributed by atoms with Gasteiger partial charge in [-0.15, -0.1) is 0 Å². The second-order valence-electron chi connectivity index (χ2n) is 13.8. The van der Waals surface area contributed by atoms with Crippen LogP contribution in [-0.4, -0.2) is 88.6 Å². The molecule has 1 atom stereocenters. The first kappa shape index (κ1) is 38.0. The summed E-state index contributed by atoms with van der Waals surface area (Å²) in [5.74, 6) is -1.47. The molecule has 0 unspecified atom stereocenters. The van der Waals surface area contributed by atoms with E-state index in [0.29, 0.717) is 37.5 Å². The highest BCUT2D eigenvalue weighted by Crippen LogP contribution is 2.42. The van der Waals surface area contributed by atoms with E-state index < -0.39 is 52.0 Å². The van der Waals surface area contributed by atoms with Gasteiger partial charge in [0.2, 0.25) is 5.88 Å². The molecule has 1 saturated heterocycles. The van der Waals surface area contributed by atoms with Gasteiger partial charge in [0.05, 0.1) is 53.4 Å². The van der Waals surface area contributed by atoms with Crippen LogP contribution in [0.1, 0.15) is 16.8 Å². The molecule has 2 aliphatic heterocycles. The third-order valence-electron chi connectivity index (χ3n) is 8.62. The van der Waals surface area contributed by atoms with E-state index in [2.05, 4.69) is 29.9 Å². The molecule has 0 radical (unpaired) electrons. The van der Waals surface area contributed by atoms with E-state index in [1.165, 1.54) is 29.2 Å². The Morgan fingerprint density at radius 1 is 1.13 bits per heavy atom. The van der Waals surface area contributed by atoms with Crippen molar-refractivity contribution in [2.45, 2.75) is 55.9 Å². The van der Waals surface area contributed by atoms with Crippen molar-refractivity contribution < 1.29 is 45.9 Å². The molecule has 2 aliphatic rings. The van der Waals surface area contributed by atoms with Gasteiger partial charge in [-0.3, -0.25) is 14.9 Å². The minimum atomic E-state index is -4.66. The van der Waals surface area contributed by atoms with Crippen LogP contribution in [0.4, 0.5) is 31.5 Å². The molecule has 0 bridgehead atoms. The van der Waals surface area contributed by atoms with Crippen molar-refractivity contribution in [1.29, 1.82) is 0 Å². The van der Waals surface area contributed by atoms with Crippen molar-refractivity contribution in [2.24, 2.45) is 0 Å². The number of hydrogen-bond donors (Lipinski definition) is 2. The number of nitro benzene ring substituents is 1.